The molecule has 0 aromatic heterocycles. The van der Waals surface area contributed by atoms with Crippen LogP contribution in [0.3, 0.4) is 0 Å². The van der Waals surface area contributed by atoms with Crippen LogP contribution >= 0.6 is 12.4 Å². The number of ketones is 1. The fourth-order valence-corrected chi connectivity index (χ4v) is 5.04. The Morgan fingerprint density at radius 3 is 2.24 bits per heavy atom. The summed E-state index contributed by atoms with van der Waals surface area (Å²) < 4.78 is 27.3. The molecule has 1 heterocycles. The predicted octanol–water partition coefficient (Wildman–Crippen LogP) is 5.96. The number of hydrogen-bond acceptors (Lipinski definition) is 4. The summed E-state index contributed by atoms with van der Waals surface area (Å²) in [5.74, 6) is 0.952. The molecule has 4 rings (SSSR count). The Kier molecular flexibility index (Phi) is 8.41. The molecule has 0 N–H and O–H groups in total. The van der Waals surface area contributed by atoms with Gasteiger partial charge in [-0.3, -0.25) is 9.69 Å². The topological polar surface area (TPSA) is 38.8 Å². The molecular formula is C27H35ClFNO3. The zero-order chi connectivity index (χ0) is 22.7. The minimum atomic E-state index is -1.82. The molecule has 2 aromatic carbocycles. The molecule has 1 fully saturated rings. The fourth-order valence-electron chi connectivity index (χ4n) is 5.04. The maximum Gasteiger partial charge on any atom is 0.200 e. The number of alkyl halides is 1. The van der Waals surface area contributed by atoms with Gasteiger partial charge in [-0.25, -0.2) is 4.39 Å². The van der Waals surface area contributed by atoms with Crippen molar-refractivity contribution in [2.45, 2.75) is 58.7 Å². The number of ether oxygens (including phenoxy) is 2. The summed E-state index contributed by atoms with van der Waals surface area (Å²) in [4.78, 5) is 15.5. The number of Topliss-reactive ketones (excluding diaryl/α,β-unsaturated/α-hetero) is 1. The summed E-state index contributed by atoms with van der Waals surface area (Å²) in [5.41, 5.74) is 1.95. The van der Waals surface area contributed by atoms with E-state index >= 15 is 4.39 Å². The van der Waals surface area contributed by atoms with Crippen molar-refractivity contribution in [1.29, 1.82) is 0 Å². The van der Waals surface area contributed by atoms with Crippen molar-refractivity contribution in [1.82, 2.24) is 4.90 Å². The number of piperidine rings is 1. The zero-order valence-electron chi connectivity index (χ0n) is 19.9. The van der Waals surface area contributed by atoms with Gasteiger partial charge in [0.2, 0.25) is 5.78 Å². The van der Waals surface area contributed by atoms with Crippen LogP contribution in [0.4, 0.5) is 4.39 Å². The molecule has 1 unspecified atom stereocenters. The third kappa shape index (κ3) is 5.70. The second-order valence-corrected chi connectivity index (χ2v) is 9.20. The molecule has 33 heavy (non-hydrogen) atoms. The largest absolute Gasteiger partial charge is 0.490 e. The number of likely N-dealkylation sites (tertiary alicyclic amines) is 1. The van der Waals surface area contributed by atoms with E-state index in [1.807, 2.05) is 13.8 Å². The van der Waals surface area contributed by atoms with Crippen LogP contribution in [0.2, 0.25) is 0 Å². The van der Waals surface area contributed by atoms with Crippen molar-refractivity contribution in [2.75, 3.05) is 26.3 Å². The van der Waals surface area contributed by atoms with Gasteiger partial charge in [0.15, 0.2) is 17.2 Å². The maximum absolute atomic E-state index is 16.0. The highest BCUT2D eigenvalue weighted by atomic mass is 35.5. The monoisotopic (exact) mass is 475 g/mol. The van der Waals surface area contributed by atoms with E-state index in [9.17, 15) is 4.79 Å². The van der Waals surface area contributed by atoms with Crippen molar-refractivity contribution >= 4 is 18.2 Å². The van der Waals surface area contributed by atoms with Gasteiger partial charge in [-0.1, -0.05) is 29.8 Å². The number of hydrogen-bond donors (Lipinski definition) is 0. The number of nitrogens with zero attached hydrogens (tertiary/aromatic N) is 1. The van der Waals surface area contributed by atoms with Gasteiger partial charge in [-0.05, 0) is 82.3 Å². The van der Waals surface area contributed by atoms with Crippen LogP contribution in [-0.2, 0) is 13.0 Å². The Bertz CT molecular complexity index is 957. The minimum absolute atomic E-state index is 0. The first-order valence-electron chi connectivity index (χ1n) is 11.9. The van der Waals surface area contributed by atoms with Crippen LogP contribution in [0.1, 0.15) is 60.2 Å². The first-order chi connectivity index (χ1) is 15.4. The Balaban J connectivity index is 0.00000306. The summed E-state index contributed by atoms with van der Waals surface area (Å²) in [6, 6.07) is 12.1. The first kappa shape index (κ1) is 25.5. The molecule has 1 atom stereocenters. The molecule has 0 radical (unpaired) electrons. The van der Waals surface area contributed by atoms with E-state index in [0.29, 0.717) is 36.7 Å². The second kappa shape index (κ2) is 10.9. The molecule has 0 spiro atoms. The smallest absolute Gasteiger partial charge is 0.200 e. The molecule has 1 aliphatic carbocycles. The van der Waals surface area contributed by atoms with Crippen LogP contribution in [0, 0.1) is 12.8 Å². The number of fused-ring (bicyclic) bond motifs is 1. The quantitative estimate of drug-likeness (QED) is 0.472. The van der Waals surface area contributed by atoms with Crippen LogP contribution in [-0.4, -0.2) is 42.7 Å². The molecule has 4 nitrogen and oxygen atoms in total. The highest BCUT2D eigenvalue weighted by Gasteiger charge is 2.48. The van der Waals surface area contributed by atoms with E-state index in [0.717, 1.165) is 38.0 Å². The molecule has 2 aromatic rings. The number of rotatable bonds is 8. The van der Waals surface area contributed by atoms with Crippen molar-refractivity contribution < 1.29 is 18.7 Å². The third-order valence-electron chi connectivity index (χ3n) is 6.74. The van der Waals surface area contributed by atoms with E-state index in [1.54, 1.807) is 12.1 Å². The minimum Gasteiger partial charge on any atom is -0.490 e. The molecule has 0 bridgehead atoms. The standard InChI is InChI=1S/C27H34FNO3.ClH/c1-4-31-24-14-22-17-27(28,26(30)23(22)15-25(24)32-5-2)16-20-10-12-29(13-11-20)18-21-8-6-19(3)7-9-21;/h6-9,14-15,20H,4-5,10-13,16-18H2,1-3H3;1H. The van der Waals surface area contributed by atoms with Crippen LogP contribution in [0.25, 0.3) is 0 Å². The number of benzene rings is 2. The van der Waals surface area contributed by atoms with Gasteiger partial charge >= 0.3 is 0 Å². The van der Waals surface area contributed by atoms with Crippen molar-refractivity contribution in [3.05, 3.63) is 58.7 Å². The molecule has 1 aliphatic heterocycles. The van der Waals surface area contributed by atoms with E-state index in [-0.39, 0.29) is 24.7 Å². The average molecular weight is 476 g/mol. The summed E-state index contributed by atoms with van der Waals surface area (Å²) in [7, 11) is 0. The van der Waals surface area contributed by atoms with Crippen LogP contribution in [0.15, 0.2) is 36.4 Å². The molecule has 0 amide bonds. The van der Waals surface area contributed by atoms with Gasteiger partial charge in [0.25, 0.3) is 0 Å². The Morgan fingerprint density at radius 2 is 1.64 bits per heavy atom. The van der Waals surface area contributed by atoms with Gasteiger partial charge in [-0.15, -0.1) is 12.4 Å². The fraction of sp³-hybridized carbons (Fsp3) is 0.519. The van der Waals surface area contributed by atoms with Gasteiger partial charge in [0, 0.05) is 18.5 Å². The lowest BCUT2D eigenvalue weighted by Gasteiger charge is -2.34. The molecule has 2 aliphatic rings. The lowest BCUT2D eigenvalue weighted by molar-refractivity contribution is 0.0587. The Hall–Kier alpha value is -2.11. The summed E-state index contributed by atoms with van der Waals surface area (Å²) in [6.07, 6.45) is 2.29. The van der Waals surface area contributed by atoms with Gasteiger partial charge < -0.3 is 9.47 Å². The summed E-state index contributed by atoms with van der Waals surface area (Å²) in [5, 5.41) is 0. The normalized spacial score (nSPS) is 20.9. The SMILES string of the molecule is CCOc1cc2c(cc1OCC)C(=O)C(F)(CC1CCN(Cc3ccc(C)cc3)CC1)C2.Cl. The third-order valence-corrected chi connectivity index (χ3v) is 6.74. The van der Waals surface area contributed by atoms with E-state index < -0.39 is 11.5 Å². The van der Waals surface area contributed by atoms with Crippen LogP contribution in [0.5, 0.6) is 11.5 Å². The van der Waals surface area contributed by atoms with Crippen molar-refractivity contribution in [3.63, 3.8) is 0 Å². The average Bonchev–Trinajstić information content (AvgIpc) is 3.01. The molecule has 6 heteroatoms. The summed E-state index contributed by atoms with van der Waals surface area (Å²) in [6.45, 7) is 9.66. The number of halogens is 2. The van der Waals surface area contributed by atoms with E-state index in [1.165, 1.54) is 11.1 Å². The molecule has 180 valence electrons. The van der Waals surface area contributed by atoms with Gasteiger partial charge in [0.1, 0.15) is 0 Å². The highest BCUT2D eigenvalue weighted by molar-refractivity contribution is 6.07. The predicted molar refractivity (Wildman–Crippen MR) is 132 cm³/mol. The zero-order valence-corrected chi connectivity index (χ0v) is 20.7. The molecule has 0 saturated carbocycles. The van der Waals surface area contributed by atoms with Crippen LogP contribution < -0.4 is 9.47 Å². The number of aryl methyl sites for hydroxylation is 1. The number of carbonyl (C=O) groups is 1. The van der Waals surface area contributed by atoms with E-state index in [2.05, 4.69) is 36.1 Å². The van der Waals surface area contributed by atoms with Gasteiger partial charge in [-0.2, -0.15) is 0 Å². The van der Waals surface area contributed by atoms with Crippen molar-refractivity contribution in [2.24, 2.45) is 5.92 Å². The van der Waals surface area contributed by atoms with E-state index in [4.69, 9.17) is 9.47 Å². The second-order valence-electron chi connectivity index (χ2n) is 9.20. The highest BCUT2D eigenvalue weighted by Crippen LogP contribution is 2.43. The molecular weight excluding hydrogens is 441 g/mol. The van der Waals surface area contributed by atoms with Crippen molar-refractivity contribution in [3.8, 4) is 11.5 Å². The summed E-state index contributed by atoms with van der Waals surface area (Å²) >= 11 is 0. The maximum atomic E-state index is 16.0. The Labute approximate surface area is 202 Å². The van der Waals surface area contributed by atoms with Gasteiger partial charge in [0.05, 0.1) is 13.2 Å². The first-order valence-corrected chi connectivity index (χ1v) is 11.9. The lowest BCUT2D eigenvalue weighted by Crippen LogP contribution is -2.38. The number of carbonyl (C=O) groups excluding carboxylic acids is 1. The molecule has 1 saturated heterocycles. The Morgan fingerprint density at radius 1 is 1.03 bits per heavy atom. The lowest BCUT2D eigenvalue weighted by atomic mass is 9.83.